The van der Waals surface area contributed by atoms with Crippen LogP contribution < -0.4 is 0 Å². The summed E-state index contributed by atoms with van der Waals surface area (Å²) in [6, 6.07) is 53.4. The number of fused-ring (bicyclic) bond motifs is 3. The number of benzene rings is 6. The topological polar surface area (TPSA) is 38.7 Å². The summed E-state index contributed by atoms with van der Waals surface area (Å²) in [7, 11) is 0. The lowest BCUT2D eigenvalue weighted by atomic mass is 9.54. The molecule has 0 amide bonds. The fourth-order valence-electron chi connectivity index (χ4n) is 7.11. The van der Waals surface area contributed by atoms with Gasteiger partial charge in [-0.25, -0.2) is 15.0 Å². The summed E-state index contributed by atoms with van der Waals surface area (Å²) < 4.78 is 0. The van der Waals surface area contributed by atoms with E-state index in [9.17, 15) is 0 Å². The smallest absolute Gasteiger partial charge is 0.164 e. The normalized spacial score (nSPS) is 14.2. The molecular formula is C45H37N3. The average Bonchev–Trinajstić information content (AvgIpc) is 3.14. The summed E-state index contributed by atoms with van der Waals surface area (Å²) in [6.45, 7) is 9.50. The van der Waals surface area contributed by atoms with Gasteiger partial charge < -0.3 is 0 Å². The molecule has 0 fully saturated rings. The third kappa shape index (κ3) is 4.94. The van der Waals surface area contributed by atoms with Crippen LogP contribution in [-0.4, -0.2) is 15.0 Å². The standard InChI is InChI=1S/C45H37N3/c1-44(2)38-22-14-21-36(32-17-10-6-11-18-32)40(38)37-28-27-35(29-39(37)45(44,3)4)43-47-41(33-19-12-7-13-20-33)46-42(48-43)34-25-23-31(24-26-34)30-15-8-5-9-16-30/h5-29H,1-4H3. The molecule has 1 aromatic heterocycles. The minimum atomic E-state index is -0.161. The van der Waals surface area contributed by atoms with Gasteiger partial charge in [-0.1, -0.05) is 173 Å². The van der Waals surface area contributed by atoms with Crippen LogP contribution in [0.25, 0.3) is 67.5 Å². The van der Waals surface area contributed by atoms with E-state index in [-0.39, 0.29) is 10.8 Å². The average molecular weight is 620 g/mol. The molecule has 48 heavy (non-hydrogen) atoms. The van der Waals surface area contributed by atoms with Crippen LogP contribution >= 0.6 is 0 Å². The third-order valence-electron chi connectivity index (χ3n) is 10.5. The minimum absolute atomic E-state index is 0.126. The molecule has 1 aliphatic rings. The summed E-state index contributed by atoms with van der Waals surface area (Å²) in [5, 5.41) is 0. The molecule has 0 saturated heterocycles. The number of aromatic nitrogens is 3. The van der Waals surface area contributed by atoms with Crippen molar-refractivity contribution in [1.82, 2.24) is 15.0 Å². The van der Waals surface area contributed by atoms with E-state index in [1.165, 1.54) is 38.9 Å². The third-order valence-corrected chi connectivity index (χ3v) is 10.5. The van der Waals surface area contributed by atoms with Gasteiger partial charge in [-0.15, -0.1) is 0 Å². The van der Waals surface area contributed by atoms with Crippen molar-refractivity contribution < 1.29 is 0 Å². The van der Waals surface area contributed by atoms with Gasteiger partial charge in [0.15, 0.2) is 17.5 Å². The Morgan fingerprint density at radius 1 is 0.333 bits per heavy atom. The Labute approximate surface area is 283 Å². The van der Waals surface area contributed by atoms with E-state index in [1.807, 2.05) is 24.3 Å². The fraction of sp³-hybridized carbons (Fsp3) is 0.133. The zero-order valence-electron chi connectivity index (χ0n) is 27.8. The van der Waals surface area contributed by atoms with Crippen LogP contribution in [0.5, 0.6) is 0 Å². The molecule has 1 aliphatic carbocycles. The van der Waals surface area contributed by atoms with E-state index in [1.54, 1.807) is 0 Å². The molecule has 0 unspecified atom stereocenters. The van der Waals surface area contributed by atoms with E-state index in [0.717, 1.165) is 22.3 Å². The SMILES string of the molecule is CC1(C)c2cc(-c3nc(-c4ccccc4)nc(-c4ccc(-c5ccccc5)cc4)n3)ccc2-c2c(-c3ccccc3)cccc2C1(C)C. The highest BCUT2D eigenvalue weighted by molar-refractivity contribution is 5.91. The summed E-state index contributed by atoms with van der Waals surface area (Å²) in [5.74, 6) is 1.99. The van der Waals surface area contributed by atoms with Crippen LogP contribution in [0, 0.1) is 0 Å². The Balaban J connectivity index is 1.30. The predicted molar refractivity (Wildman–Crippen MR) is 198 cm³/mol. The molecule has 0 atom stereocenters. The molecule has 232 valence electrons. The molecule has 0 spiro atoms. The van der Waals surface area contributed by atoms with Crippen LogP contribution in [0.3, 0.4) is 0 Å². The highest BCUT2D eigenvalue weighted by atomic mass is 15.0. The Kier molecular flexibility index (Phi) is 7.14. The lowest BCUT2D eigenvalue weighted by Crippen LogP contribution is -2.43. The maximum Gasteiger partial charge on any atom is 0.164 e. The lowest BCUT2D eigenvalue weighted by Gasteiger charge is -2.49. The number of hydrogen-bond donors (Lipinski definition) is 0. The molecule has 1 heterocycles. The van der Waals surface area contributed by atoms with E-state index in [4.69, 9.17) is 15.0 Å². The number of rotatable bonds is 5. The Morgan fingerprint density at radius 3 is 1.38 bits per heavy atom. The zero-order valence-corrected chi connectivity index (χ0v) is 27.8. The summed E-state index contributed by atoms with van der Waals surface area (Å²) in [6.07, 6.45) is 0. The van der Waals surface area contributed by atoms with Crippen molar-refractivity contribution in [3.63, 3.8) is 0 Å². The quantitative estimate of drug-likeness (QED) is 0.192. The second-order valence-corrected chi connectivity index (χ2v) is 13.7. The first-order chi connectivity index (χ1) is 23.3. The van der Waals surface area contributed by atoms with E-state index in [0.29, 0.717) is 17.5 Å². The highest BCUT2D eigenvalue weighted by Gasteiger charge is 2.46. The molecule has 0 radical (unpaired) electrons. The van der Waals surface area contributed by atoms with Crippen LogP contribution in [0.1, 0.15) is 38.8 Å². The second-order valence-electron chi connectivity index (χ2n) is 13.7. The van der Waals surface area contributed by atoms with Gasteiger partial charge in [-0.05, 0) is 61.4 Å². The summed E-state index contributed by atoms with van der Waals surface area (Å²) in [4.78, 5) is 15.2. The van der Waals surface area contributed by atoms with Crippen LogP contribution in [-0.2, 0) is 10.8 Å². The van der Waals surface area contributed by atoms with Gasteiger partial charge in [0.25, 0.3) is 0 Å². The van der Waals surface area contributed by atoms with Crippen LogP contribution in [0.4, 0.5) is 0 Å². The van der Waals surface area contributed by atoms with Crippen LogP contribution in [0.15, 0.2) is 152 Å². The van der Waals surface area contributed by atoms with Crippen molar-refractivity contribution >= 4 is 0 Å². The fourth-order valence-corrected chi connectivity index (χ4v) is 7.11. The monoisotopic (exact) mass is 619 g/mol. The van der Waals surface area contributed by atoms with Gasteiger partial charge in [0, 0.05) is 16.7 Å². The predicted octanol–water partition coefficient (Wildman–Crippen LogP) is 11.4. The zero-order chi connectivity index (χ0) is 32.9. The Hall–Kier alpha value is -5.67. The van der Waals surface area contributed by atoms with Gasteiger partial charge in [-0.2, -0.15) is 0 Å². The van der Waals surface area contributed by atoms with Crippen molar-refractivity contribution in [3.8, 4) is 67.5 Å². The van der Waals surface area contributed by atoms with Gasteiger partial charge in [0.05, 0.1) is 0 Å². The van der Waals surface area contributed by atoms with E-state index in [2.05, 4.69) is 155 Å². The summed E-state index contributed by atoms with van der Waals surface area (Å²) >= 11 is 0. The minimum Gasteiger partial charge on any atom is -0.208 e. The van der Waals surface area contributed by atoms with Gasteiger partial charge >= 0.3 is 0 Å². The lowest BCUT2D eigenvalue weighted by molar-refractivity contribution is 0.299. The van der Waals surface area contributed by atoms with Crippen molar-refractivity contribution in [3.05, 3.63) is 163 Å². The first kappa shape index (κ1) is 29.7. The maximum atomic E-state index is 5.12. The van der Waals surface area contributed by atoms with Gasteiger partial charge in [0.2, 0.25) is 0 Å². The molecule has 0 saturated carbocycles. The molecule has 0 N–H and O–H groups in total. The van der Waals surface area contributed by atoms with Gasteiger partial charge in [-0.3, -0.25) is 0 Å². The largest absolute Gasteiger partial charge is 0.208 e. The summed E-state index contributed by atoms with van der Waals surface area (Å²) in [5.41, 5.74) is 12.7. The molecule has 6 aromatic carbocycles. The Morgan fingerprint density at radius 2 is 0.771 bits per heavy atom. The molecular weight excluding hydrogens is 583 g/mol. The Bertz CT molecular complexity index is 2250. The first-order valence-electron chi connectivity index (χ1n) is 16.6. The molecule has 8 rings (SSSR count). The van der Waals surface area contributed by atoms with E-state index >= 15 is 0 Å². The molecule has 0 bridgehead atoms. The van der Waals surface area contributed by atoms with Gasteiger partial charge in [0.1, 0.15) is 0 Å². The van der Waals surface area contributed by atoms with Crippen molar-refractivity contribution in [2.24, 2.45) is 0 Å². The molecule has 0 aliphatic heterocycles. The second kappa shape index (κ2) is 11.5. The molecule has 3 heteroatoms. The van der Waals surface area contributed by atoms with Crippen LogP contribution in [0.2, 0.25) is 0 Å². The number of hydrogen-bond acceptors (Lipinski definition) is 3. The van der Waals surface area contributed by atoms with Crippen molar-refractivity contribution in [2.75, 3.05) is 0 Å². The maximum absolute atomic E-state index is 5.12. The van der Waals surface area contributed by atoms with Crippen molar-refractivity contribution in [1.29, 1.82) is 0 Å². The highest BCUT2D eigenvalue weighted by Crippen LogP contribution is 2.56. The molecule has 7 aromatic rings. The number of nitrogens with zero attached hydrogens (tertiary/aromatic N) is 3. The van der Waals surface area contributed by atoms with Crippen molar-refractivity contribution in [2.45, 2.75) is 38.5 Å². The first-order valence-corrected chi connectivity index (χ1v) is 16.6. The molecule has 3 nitrogen and oxygen atoms in total. The van der Waals surface area contributed by atoms with E-state index < -0.39 is 0 Å².